The molecule has 3 rings (SSSR count). The van der Waals surface area contributed by atoms with Crippen LogP contribution in [0.3, 0.4) is 0 Å². The Balaban J connectivity index is 1.82. The molecule has 8 heteroatoms. The van der Waals surface area contributed by atoms with E-state index in [1.54, 1.807) is 6.07 Å². The van der Waals surface area contributed by atoms with Crippen LogP contribution in [0.25, 0.3) is 0 Å². The van der Waals surface area contributed by atoms with Crippen LogP contribution in [0.1, 0.15) is 34.7 Å². The van der Waals surface area contributed by atoms with Crippen LogP contribution in [0.15, 0.2) is 22.7 Å². The summed E-state index contributed by atoms with van der Waals surface area (Å²) in [6.45, 7) is 7.35. The van der Waals surface area contributed by atoms with E-state index in [1.807, 2.05) is 13.8 Å². The lowest BCUT2D eigenvalue weighted by atomic mass is 10.0. The first-order valence-corrected chi connectivity index (χ1v) is 9.40. The Labute approximate surface area is 160 Å². The second kappa shape index (κ2) is 7.75. The number of carbonyl (C=O) groups is 1. The Bertz CT molecular complexity index is 801. The van der Waals surface area contributed by atoms with Gasteiger partial charge in [-0.25, -0.2) is 4.39 Å². The van der Waals surface area contributed by atoms with Crippen LogP contribution in [-0.4, -0.2) is 54.2 Å². The van der Waals surface area contributed by atoms with E-state index >= 15 is 0 Å². The van der Waals surface area contributed by atoms with Crippen molar-refractivity contribution in [1.29, 1.82) is 0 Å². The van der Waals surface area contributed by atoms with E-state index in [0.29, 0.717) is 10.2 Å². The van der Waals surface area contributed by atoms with Crippen LogP contribution in [0.2, 0.25) is 0 Å². The Morgan fingerprint density at radius 3 is 2.65 bits per heavy atom. The van der Waals surface area contributed by atoms with Crippen molar-refractivity contribution in [3.8, 4) is 0 Å². The molecule has 1 saturated heterocycles. The first-order valence-electron chi connectivity index (χ1n) is 8.61. The van der Waals surface area contributed by atoms with Gasteiger partial charge in [-0.1, -0.05) is 0 Å². The summed E-state index contributed by atoms with van der Waals surface area (Å²) in [6.07, 6.45) is 0. The molecule has 1 aliphatic heterocycles. The summed E-state index contributed by atoms with van der Waals surface area (Å²) in [5.41, 5.74) is 2.81. The van der Waals surface area contributed by atoms with Crippen LogP contribution in [0.5, 0.6) is 0 Å². The maximum Gasteiger partial charge on any atom is 0.273 e. The Kier molecular flexibility index (Phi) is 5.62. The van der Waals surface area contributed by atoms with E-state index < -0.39 is 0 Å². The molecule has 1 aromatic carbocycles. The normalized spacial score (nSPS) is 16.6. The van der Waals surface area contributed by atoms with E-state index in [2.05, 4.69) is 48.3 Å². The molecule has 26 heavy (non-hydrogen) atoms. The highest BCUT2D eigenvalue weighted by atomic mass is 79.9. The number of nitrogens with one attached hydrogen (secondary N) is 2. The summed E-state index contributed by atoms with van der Waals surface area (Å²) < 4.78 is 14.5. The van der Waals surface area contributed by atoms with Gasteiger partial charge in [-0.05, 0) is 55.0 Å². The molecule has 0 saturated carbocycles. The highest BCUT2D eigenvalue weighted by Gasteiger charge is 2.23. The zero-order chi connectivity index (χ0) is 18.8. The largest absolute Gasteiger partial charge is 0.369 e. The number of anilines is 1. The molecule has 1 fully saturated rings. The lowest BCUT2D eigenvalue weighted by molar-refractivity contribution is 0.0934. The molecule has 2 heterocycles. The average molecular weight is 424 g/mol. The smallest absolute Gasteiger partial charge is 0.273 e. The number of aryl methyl sites for hydroxylation is 1. The summed E-state index contributed by atoms with van der Waals surface area (Å²) in [7, 11) is 2.09. The molecule has 1 aromatic heterocycles. The molecule has 2 aromatic rings. The minimum absolute atomic E-state index is 0.298. The fourth-order valence-electron chi connectivity index (χ4n) is 3.12. The van der Waals surface area contributed by atoms with Crippen LogP contribution >= 0.6 is 15.9 Å². The molecule has 1 amide bonds. The van der Waals surface area contributed by atoms with Crippen molar-refractivity contribution in [3.63, 3.8) is 0 Å². The molecule has 6 nitrogen and oxygen atoms in total. The molecule has 0 spiro atoms. The number of amides is 1. The molecule has 0 bridgehead atoms. The van der Waals surface area contributed by atoms with Crippen molar-refractivity contribution in [1.82, 2.24) is 20.4 Å². The molecule has 1 atom stereocenters. The second-order valence-electron chi connectivity index (χ2n) is 6.70. The number of aromatic nitrogens is 2. The van der Waals surface area contributed by atoms with Gasteiger partial charge in [-0.3, -0.25) is 9.89 Å². The first kappa shape index (κ1) is 18.8. The van der Waals surface area contributed by atoms with Crippen LogP contribution in [-0.2, 0) is 0 Å². The minimum Gasteiger partial charge on any atom is -0.369 e. The first-order chi connectivity index (χ1) is 12.4. The molecule has 2 N–H and O–H groups in total. The highest BCUT2D eigenvalue weighted by Crippen LogP contribution is 2.29. The number of rotatable bonds is 4. The van der Waals surface area contributed by atoms with Crippen molar-refractivity contribution < 1.29 is 9.18 Å². The number of carbonyl (C=O) groups excluding carboxylic acids is 1. The Morgan fingerprint density at radius 1 is 1.35 bits per heavy atom. The van der Waals surface area contributed by atoms with Gasteiger partial charge in [-0.2, -0.15) is 5.10 Å². The number of hydrogen-bond donors (Lipinski definition) is 2. The van der Waals surface area contributed by atoms with Crippen molar-refractivity contribution >= 4 is 27.5 Å². The third kappa shape index (κ3) is 3.91. The zero-order valence-corrected chi connectivity index (χ0v) is 16.7. The summed E-state index contributed by atoms with van der Waals surface area (Å²) in [6, 6.07) is 4.42. The number of halogens is 2. The number of likely N-dealkylation sites (N-methyl/N-ethyl adjacent to an activating group) is 1. The number of benzene rings is 1. The predicted octanol–water partition coefficient (Wildman–Crippen LogP) is 2.86. The topological polar surface area (TPSA) is 64.3 Å². The third-order valence-corrected chi connectivity index (χ3v) is 5.71. The van der Waals surface area contributed by atoms with Crippen molar-refractivity contribution in [2.75, 3.05) is 38.1 Å². The molecule has 1 unspecified atom stereocenters. The van der Waals surface area contributed by atoms with Gasteiger partial charge in [0.25, 0.3) is 5.91 Å². The van der Waals surface area contributed by atoms with Gasteiger partial charge in [0.05, 0.1) is 10.5 Å². The van der Waals surface area contributed by atoms with Crippen molar-refractivity contribution in [2.45, 2.75) is 19.9 Å². The summed E-state index contributed by atoms with van der Waals surface area (Å²) >= 11 is 3.36. The SMILES string of the molecule is Cc1[nH]nc(C(=O)NC(C)c2cc(F)ccc2N2CCN(C)CC2)c1Br. The number of hydrogen-bond acceptors (Lipinski definition) is 4. The number of piperazine rings is 1. The molecule has 0 radical (unpaired) electrons. The number of H-pyrrole nitrogens is 1. The summed E-state index contributed by atoms with van der Waals surface area (Å²) in [5.74, 6) is -0.613. The van der Waals surface area contributed by atoms with Gasteiger partial charge >= 0.3 is 0 Å². The average Bonchev–Trinajstić information content (AvgIpc) is 2.95. The van der Waals surface area contributed by atoms with E-state index in [4.69, 9.17) is 0 Å². The zero-order valence-electron chi connectivity index (χ0n) is 15.1. The lowest BCUT2D eigenvalue weighted by Gasteiger charge is -2.36. The maximum atomic E-state index is 13.9. The van der Waals surface area contributed by atoms with Gasteiger partial charge in [0.2, 0.25) is 0 Å². The Hall–Kier alpha value is -1.93. The summed E-state index contributed by atoms with van der Waals surface area (Å²) in [4.78, 5) is 17.0. The van der Waals surface area contributed by atoms with E-state index in [9.17, 15) is 9.18 Å². The predicted molar refractivity (Wildman–Crippen MR) is 103 cm³/mol. The third-order valence-electron chi connectivity index (χ3n) is 4.74. The van der Waals surface area contributed by atoms with Gasteiger partial charge in [0.15, 0.2) is 5.69 Å². The fourth-order valence-corrected chi connectivity index (χ4v) is 3.47. The quantitative estimate of drug-likeness (QED) is 0.793. The van der Waals surface area contributed by atoms with Gasteiger partial charge < -0.3 is 15.1 Å². The number of nitrogens with zero attached hydrogens (tertiary/aromatic N) is 3. The summed E-state index contributed by atoms with van der Waals surface area (Å²) in [5, 5.41) is 9.73. The standard InChI is InChI=1S/C18H23BrFN5O/c1-11(21-18(26)17-16(19)12(2)22-23-17)14-10-13(20)4-5-15(14)25-8-6-24(3)7-9-25/h4-5,10-11H,6-9H2,1-3H3,(H,21,26)(H,22,23). The van der Waals surface area contributed by atoms with Crippen LogP contribution in [0, 0.1) is 12.7 Å². The highest BCUT2D eigenvalue weighted by molar-refractivity contribution is 9.10. The van der Waals surface area contributed by atoms with Gasteiger partial charge in [0, 0.05) is 43.1 Å². The molecular weight excluding hydrogens is 401 g/mol. The van der Waals surface area contributed by atoms with E-state index in [1.165, 1.54) is 12.1 Å². The van der Waals surface area contributed by atoms with Crippen molar-refractivity contribution in [3.05, 3.63) is 45.4 Å². The van der Waals surface area contributed by atoms with E-state index in [0.717, 1.165) is 43.1 Å². The van der Waals surface area contributed by atoms with Gasteiger partial charge in [0.1, 0.15) is 5.82 Å². The maximum absolute atomic E-state index is 13.9. The molecule has 140 valence electrons. The number of aromatic amines is 1. The van der Waals surface area contributed by atoms with Crippen LogP contribution in [0.4, 0.5) is 10.1 Å². The monoisotopic (exact) mass is 423 g/mol. The lowest BCUT2D eigenvalue weighted by Crippen LogP contribution is -2.45. The molecule has 0 aliphatic carbocycles. The fraction of sp³-hybridized carbons (Fsp3) is 0.444. The van der Waals surface area contributed by atoms with Crippen molar-refractivity contribution in [2.24, 2.45) is 0 Å². The molecular formula is C18H23BrFN5O. The van der Waals surface area contributed by atoms with Gasteiger partial charge in [-0.15, -0.1) is 0 Å². The second-order valence-corrected chi connectivity index (χ2v) is 7.49. The van der Waals surface area contributed by atoms with E-state index in [-0.39, 0.29) is 17.8 Å². The minimum atomic E-state index is -0.350. The van der Waals surface area contributed by atoms with Crippen LogP contribution < -0.4 is 10.2 Å². The Morgan fingerprint density at radius 2 is 2.04 bits per heavy atom. The molecule has 1 aliphatic rings.